The minimum absolute atomic E-state index is 0. The van der Waals surface area contributed by atoms with Crippen molar-refractivity contribution in [2.75, 3.05) is 26.3 Å². The van der Waals surface area contributed by atoms with E-state index in [4.69, 9.17) is 14.2 Å². The van der Waals surface area contributed by atoms with Gasteiger partial charge in [-0.15, -0.1) is 0 Å². The number of ether oxygens (including phenoxy) is 3. The fourth-order valence-electron chi connectivity index (χ4n) is 8.93. The molecule has 7 rings (SSSR count). The van der Waals surface area contributed by atoms with Gasteiger partial charge in [-0.1, -0.05) is 60.7 Å². The molecule has 2 fully saturated rings. The van der Waals surface area contributed by atoms with Gasteiger partial charge in [-0.3, -0.25) is 9.27 Å². The first-order chi connectivity index (χ1) is 36.3. The molecule has 2 saturated heterocycles. The second-order valence-corrected chi connectivity index (χ2v) is 20.0. The number of rotatable bonds is 12. The number of benzene rings is 4. The SMILES string of the molecule is C[C@@H](OC[C@@]1(c2ccccc2)CC[C@H](NC(=O)NNC(=O)OC(C)(C)C)CN1)c1cc(C(F)(F)F)cc(C(F)(F)F)c1.C[C@@H](OC[C@@]1(c2ccccc2)CC[C@H](n2cn[nH]c2=O)CN1)c1cc(C(F)(F)F)cc(C(F)(F)F)c1.F.[3HH]. The highest BCUT2D eigenvalue weighted by Gasteiger charge is 2.42. The zero-order valence-corrected chi connectivity index (χ0v) is 43.1. The molecule has 3 amide bonds. The summed E-state index contributed by atoms with van der Waals surface area (Å²) in [6.07, 6.45) is -19.5. The van der Waals surface area contributed by atoms with E-state index in [0.717, 1.165) is 11.1 Å². The van der Waals surface area contributed by atoms with Crippen LogP contribution in [0.2, 0.25) is 0 Å². The van der Waals surface area contributed by atoms with Crippen molar-refractivity contribution in [2.45, 2.75) is 126 Å². The molecule has 0 spiro atoms. The van der Waals surface area contributed by atoms with Gasteiger partial charge >= 0.3 is 42.5 Å². The first kappa shape index (κ1) is 63.1. The third-order valence-corrected chi connectivity index (χ3v) is 13.1. The van der Waals surface area contributed by atoms with E-state index in [2.05, 4.69) is 37.0 Å². The van der Waals surface area contributed by atoms with E-state index in [1.165, 1.54) is 24.7 Å². The van der Waals surface area contributed by atoms with Crippen molar-refractivity contribution in [2.24, 2.45) is 0 Å². The Hall–Kier alpha value is -6.71. The molecule has 0 bridgehead atoms. The van der Waals surface area contributed by atoms with Gasteiger partial charge < -0.3 is 30.2 Å². The largest absolute Gasteiger partial charge is 0.443 e. The standard InChI is InChI=1S/C28H34F6N4O4.C24H24F6N4O2.FH.H2/c1-17(18-12-20(27(29,30)31)14-21(13-18)28(32,33)34)41-16-26(19-8-6-5-7-9-19)11-10-22(15-35-26)36-23(39)37-38-24(40)42-25(2,3)4;1-15(16-9-18(23(25,26)27)11-19(10-16)24(28,29)30)36-13-22(17-5-3-2-4-6-17)8-7-20(12-31-22)34-14-32-33-21(34)35;;/h5-9,12-14,17,22,35H,10-11,15-16H2,1-4H3,(H,38,40)(H2,36,37,39);2-6,9-11,14-15,20,31H,7-8,12-13H2,1H3,(H,33,35);2*1H/t17-,22+,26-;15-,20+,22-;;/m11../s1/i;;;1+2. The highest BCUT2D eigenvalue weighted by molar-refractivity contribution is 5.78. The Morgan fingerprint density at radius 1 is 0.658 bits per heavy atom. The van der Waals surface area contributed by atoms with E-state index in [0.29, 0.717) is 56.5 Å². The first-order valence-corrected chi connectivity index (χ1v) is 24.4. The topological polar surface area (TPSA) is 173 Å². The molecule has 0 unspecified atom stereocenters. The number of hydrazine groups is 1. The highest BCUT2D eigenvalue weighted by atomic mass is 19.4. The van der Waals surface area contributed by atoms with E-state index in [-0.39, 0.29) is 66.9 Å². The lowest BCUT2D eigenvalue weighted by Crippen LogP contribution is -2.59. The summed E-state index contributed by atoms with van der Waals surface area (Å²) in [7, 11) is 0. The van der Waals surface area contributed by atoms with Gasteiger partial charge in [0.15, 0.2) is 0 Å². The summed E-state index contributed by atoms with van der Waals surface area (Å²) in [5.74, 6) is 0. The molecule has 0 aliphatic carbocycles. The van der Waals surface area contributed by atoms with Gasteiger partial charge in [0.25, 0.3) is 0 Å². The molecule has 1 aromatic heterocycles. The summed E-state index contributed by atoms with van der Waals surface area (Å²) in [6.45, 7) is 8.38. The Labute approximate surface area is 446 Å². The Morgan fingerprint density at radius 2 is 1.08 bits per heavy atom. The number of nitrogens with one attached hydrogen (secondary N) is 6. The van der Waals surface area contributed by atoms with Crippen molar-refractivity contribution in [3.05, 3.63) is 158 Å². The average Bonchev–Trinajstić information content (AvgIpc) is 3.81. The molecule has 4 aromatic carbocycles. The van der Waals surface area contributed by atoms with Crippen molar-refractivity contribution in [1.29, 1.82) is 0 Å². The van der Waals surface area contributed by atoms with Crippen LogP contribution in [0.15, 0.2) is 108 Å². The van der Waals surface area contributed by atoms with Crippen molar-refractivity contribution >= 4 is 12.1 Å². The molecule has 6 N–H and O–H groups in total. The number of carbonyl (C=O) groups is 2. The molecule has 3 heterocycles. The second-order valence-electron chi connectivity index (χ2n) is 20.0. The summed E-state index contributed by atoms with van der Waals surface area (Å²) in [6, 6.07) is 20.0. The monoisotopic (exact) mass is 1140 g/mol. The van der Waals surface area contributed by atoms with Crippen LogP contribution in [0.25, 0.3) is 0 Å². The van der Waals surface area contributed by atoms with Gasteiger partial charge in [-0.25, -0.2) is 30.3 Å². The predicted molar refractivity (Wildman–Crippen MR) is 264 cm³/mol. The van der Waals surface area contributed by atoms with E-state index in [1.807, 2.05) is 42.5 Å². The van der Waals surface area contributed by atoms with E-state index in [9.17, 15) is 67.1 Å². The molecule has 6 atom stereocenters. The van der Waals surface area contributed by atoms with Crippen LogP contribution in [0.1, 0.15) is 124 Å². The highest BCUT2D eigenvalue weighted by Crippen LogP contribution is 2.42. The molecule has 27 heteroatoms. The van der Waals surface area contributed by atoms with Gasteiger partial charge in [-0.05, 0) is 119 Å². The summed E-state index contributed by atoms with van der Waals surface area (Å²) < 4.78 is 178. The predicted octanol–water partition coefficient (Wildman–Crippen LogP) is 11.8. The zero-order valence-electron chi connectivity index (χ0n) is 43.1. The first-order valence-electron chi connectivity index (χ1n) is 24.4. The number of aromatic amines is 1. The molecule has 14 nitrogen and oxygen atoms in total. The van der Waals surface area contributed by atoms with Crippen LogP contribution in [-0.2, 0) is 50.0 Å². The molecule has 2 aliphatic heterocycles. The summed E-state index contributed by atoms with van der Waals surface area (Å²) in [4.78, 5) is 36.0. The Balaban J connectivity index is 0.000000339. The molecule has 0 radical (unpaired) electrons. The van der Waals surface area contributed by atoms with Gasteiger partial charge in [-0.2, -0.15) is 57.8 Å². The zero-order chi connectivity index (χ0) is 57.5. The minimum atomic E-state index is -4.97. The number of nitrogens with zero attached hydrogens (tertiary/aromatic N) is 2. The second kappa shape index (κ2) is 25.2. The maximum Gasteiger partial charge on any atom is 0.426 e. The molecule has 2 aliphatic rings. The lowest BCUT2D eigenvalue weighted by molar-refractivity contribution is -0.145. The summed E-state index contributed by atoms with van der Waals surface area (Å²) in [5, 5.41) is 15.6. The smallest absolute Gasteiger partial charge is 0.426 e. The van der Waals surface area contributed by atoms with Crippen LogP contribution in [0.5, 0.6) is 0 Å². The molecule has 79 heavy (non-hydrogen) atoms. The van der Waals surface area contributed by atoms with Gasteiger partial charge in [0.2, 0.25) is 0 Å². The Kier molecular flexibility index (Phi) is 20.1. The molecule has 5 aromatic rings. The maximum absolute atomic E-state index is 13.4. The number of hydrogen-bond donors (Lipinski definition) is 6. The Bertz CT molecular complexity index is 2780. The van der Waals surface area contributed by atoms with Crippen LogP contribution >= 0.6 is 0 Å². The van der Waals surface area contributed by atoms with Crippen LogP contribution < -0.4 is 32.5 Å². The van der Waals surface area contributed by atoms with Crippen LogP contribution in [0.3, 0.4) is 0 Å². The number of urea groups is 1. The van der Waals surface area contributed by atoms with Crippen molar-refractivity contribution in [3.8, 4) is 0 Å². The van der Waals surface area contributed by atoms with Crippen molar-refractivity contribution in [3.63, 3.8) is 0 Å². The third kappa shape index (κ3) is 17.1. The van der Waals surface area contributed by atoms with Gasteiger partial charge in [0, 0.05) is 20.6 Å². The summed E-state index contributed by atoms with van der Waals surface area (Å²) >= 11 is 0. The fraction of sp³-hybridized carbons (Fsp3) is 0.462. The third-order valence-electron chi connectivity index (χ3n) is 13.1. The van der Waals surface area contributed by atoms with Crippen LogP contribution in [0.4, 0.5) is 67.0 Å². The van der Waals surface area contributed by atoms with E-state index < -0.39 is 88.0 Å². The number of H-pyrrole nitrogens is 1. The number of amides is 3. The number of piperidine rings is 2. The van der Waals surface area contributed by atoms with Crippen LogP contribution in [-0.4, -0.2) is 64.8 Å². The van der Waals surface area contributed by atoms with Gasteiger partial charge in [0.1, 0.15) is 11.9 Å². The van der Waals surface area contributed by atoms with E-state index >= 15 is 0 Å². The van der Waals surface area contributed by atoms with Crippen molar-refractivity contribution in [1.82, 2.24) is 41.6 Å². The fourth-order valence-corrected chi connectivity index (χ4v) is 8.93. The maximum atomic E-state index is 13.4. The molecular formula is C52H61F13N8O6. The average molecular weight is 1140 g/mol. The van der Waals surface area contributed by atoms with E-state index in [1.54, 1.807) is 39.0 Å². The minimum Gasteiger partial charge on any atom is -0.443 e. The lowest BCUT2D eigenvalue weighted by atomic mass is 9.81. The lowest BCUT2D eigenvalue weighted by Gasteiger charge is -2.42. The number of carbonyl (C=O) groups excluding carboxylic acids is 2. The van der Waals surface area contributed by atoms with Gasteiger partial charge in [0.05, 0.1) is 64.8 Å². The Morgan fingerprint density at radius 3 is 1.42 bits per heavy atom. The quantitative estimate of drug-likeness (QED) is 0.0525. The number of hydrogen-bond acceptors (Lipinski definition) is 9. The molecule has 436 valence electrons. The summed E-state index contributed by atoms with van der Waals surface area (Å²) in [5.41, 5.74) is -2.77. The number of alkyl halides is 12. The number of aromatic nitrogens is 3. The van der Waals surface area contributed by atoms with Crippen molar-refractivity contribution < 1.29 is 82.6 Å². The van der Waals surface area contributed by atoms with Crippen LogP contribution in [0, 0.1) is 0 Å². The molecule has 0 saturated carbocycles. The molecular weight excluding hydrogens is 1080 g/mol. The normalized spacial score (nSPS) is 20.8. The number of halogens is 13.